The van der Waals surface area contributed by atoms with Gasteiger partial charge in [0.25, 0.3) is 0 Å². The lowest BCUT2D eigenvalue weighted by atomic mass is 10.1. The molecule has 0 bridgehead atoms. The van der Waals surface area contributed by atoms with Gasteiger partial charge in [-0.3, -0.25) is 4.90 Å². The summed E-state index contributed by atoms with van der Waals surface area (Å²) in [7, 11) is 0. The fourth-order valence-electron chi connectivity index (χ4n) is 1.28. The monoisotopic (exact) mass is 187 g/mol. The van der Waals surface area contributed by atoms with E-state index in [1.165, 1.54) is 25.7 Å². The zero-order valence-electron chi connectivity index (χ0n) is 9.42. The van der Waals surface area contributed by atoms with E-state index in [-0.39, 0.29) is 6.73 Å². The third-order valence-corrected chi connectivity index (χ3v) is 2.30. The van der Waals surface area contributed by atoms with E-state index in [1.54, 1.807) is 0 Å². The quantitative estimate of drug-likeness (QED) is 0.466. The van der Waals surface area contributed by atoms with Gasteiger partial charge >= 0.3 is 0 Å². The molecule has 80 valence electrons. The average molecular weight is 187 g/mol. The minimum absolute atomic E-state index is 0.219. The molecule has 0 aliphatic rings. The molecule has 0 amide bonds. The molecule has 13 heavy (non-hydrogen) atoms. The van der Waals surface area contributed by atoms with Gasteiger partial charge in [-0.05, 0) is 18.8 Å². The smallest absolute Gasteiger partial charge is 0.0956 e. The number of nitrogens with zero attached hydrogens (tertiary/aromatic N) is 1. The van der Waals surface area contributed by atoms with Crippen LogP contribution in [0.4, 0.5) is 0 Å². The van der Waals surface area contributed by atoms with Gasteiger partial charge in [0.1, 0.15) is 0 Å². The molecule has 0 aliphatic carbocycles. The fourth-order valence-corrected chi connectivity index (χ4v) is 1.28. The minimum atomic E-state index is 0.219. The molecular weight excluding hydrogens is 162 g/mol. The van der Waals surface area contributed by atoms with Crippen LogP contribution in [0.3, 0.4) is 0 Å². The molecule has 0 unspecified atom stereocenters. The first-order valence-corrected chi connectivity index (χ1v) is 5.53. The third kappa shape index (κ3) is 8.26. The zero-order valence-corrected chi connectivity index (χ0v) is 9.42. The highest BCUT2D eigenvalue weighted by molar-refractivity contribution is 4.55. The Balaban J connectivity index is 3.39. The maximum atomic E-state index is 9.06. The average Bonchev–Trinajstić information content (AvgIpc) is 2.10. The van der Waals surface area contributed by atoms with E-state index < -0.39 is 0 Å². The van der Waals surface area contributed by atoms with E-state index in [0.717, 1.165) is 19.0 Å². The number of aliphatic hydroxyl groups is 1. The molecule has 0 aromatic carbocycles. The van der Waals surface area contributed by atoms with Gasteiger partial charge in [-0.25, -0.2) is 0 Å². The van der Waals surface area contributed by atoms with Gasteiger partial charge in [0.2, 0.25) is 0 Å². The molecule has 0 radical (unpaired) electrons. The van der Waals surface area contributed by atoms with Crippen LogP contribution in [0.1, 0.15) is 46.5 Å². The van der Waals surface area contributed by atoms with Crippen molar-refractivity contribution in [2.75, 3.05) is 19.8 Å². The van der Waals surface area contributed by atoms with Gasteiger partial charge in [0, 0.05) is 13.1 Å². The van der Waals surface area contributed by atoms with Gasteiger partial charge in [0.15, 0.2) is 0 Å². The summed E-state index contributed by atoms with van der Waals surface area (Å²) in [5, 5.41) is 9.06. The molecule has 0 aromatic heterocycles. The van der Waals surface area contributed by atoms with E-state index in [1.807, 2.05) is 0 Å². The summed E-state index contributed by atoms with van der Waals surface area (Å²) in [6.45, 7) is 8.96. The molecule has 0 fully saturated rings. The number of unbranched alkanes of at least 4 members (excludes halogenated alkanes) is 2. The van der Waals surface area contributed by atoms with Crippen molar-refractivity contribution in [2.45, 2.75) is 46.5 Å². The lowest BCUT2D eigenvalue weighted by molar-refractivity contribution is 0.101. The van der Waals surface area contributed by atoms with Crippen LogP contribution in [-0.2, 0) is 0 Å². The zero-order chi connectivity index (χ0) is 10.1. The van der Waals surface area contributed by atoms with Crippen molar-refractivity contribution in [3.05, 3.63) is 0 Å². The summed E-state index contributed by atoms with van der Waals surface area (Å²) >= 11 is 0. The molecule has 0 aliphatic heterocycles. The molecule has 0 saturated carbocycles. The number of hydrogen-bond acceptors (Lipinski definition) is 2. The Bertz CT molecular complexity index is 104. The van der Waals surface area contributed by atoms with Crippen molar-refractivity contribution in [2.24, 2.45) is 5.92 Å². The predicted molar refractivity (Wildman–Crippen MR) is 57.6 cm³/mol. The van der Waals surface area contributed by atoms with Crippen LogP contribution < -0.4 is 0 Å². The van der Waals surface area contributed by atoms with E-state index in [9.17, 15) is 0 Å². The minimum Gasteiger partial charge on any atom is -0.381 e. The second-order valence-electron chi connectivity index (χ2n) is 4.15. The summed E-state index contributed by atoms with van der Waals surface area (Å²) in [6, 6.07) is 0. The summed E-state index contributed by atoms with van der Waals surface area (Å²) in [5.41, 5.74) is 0. The number of rotatable bonds is 8. The molecule has 2 nitrogen and oxygen atoms in total. The second-order valence-corrected chi connectivity index (χ2v) is 4.15. The summed E-state index contributed by atoms with van der Waals surface area (Å²) in [5.74, 6) is 0.736. The normalized spacial score (nSPS) is 11.5. The Kier molecular flexibility index (Phi) is 8.46. The van der Waals surface area contributed by atoms with Crippen LogP contribution in [0.15, 0.2) is 0 Å². The summed E-state index contributed by atoms with van der Waals surface area (Å²) in [6.07, 6.45) is 4.93. The number of aliphatic hydroxyl groups excluding tert-OH is 1. The van der Waals surface area contributed by atoms with E-state index in [0.29, 0.717) is 0 Å². The fraction of sp³-hybridized carbons (Fsp3) is 1.00. The topological polar surface area (TPSA) is 23.5 Å². The highest BCUT2D eigenvalue weighted by Crippen LogP contribution is 2.03. The van der Waals surface area contributed by atoms with Crippen LogP contribution >= 0.6 is 0 Å². The first-order valence-electron chi connectivity index (χ1n) is 5.53. The van der Waals surface area contributed by atoms with Crippen molar-refractivity contribution < 1.29 is 5.11 Å². The van der Waals surface area contributed by atoms with Crippen molar-refractivity contribution >= 4 is 0 Å². The van der Waals surface area contributed by atoms with Crippen LogP contribution in [0.5, 0.6) is 0 Å². The molecular formula is C11H25NO. The predicted octanol–water partition coefficient (Wildman–Crippen LogP) is 2.47. The molecule has 0 rings (SSSR count). The summed E-state index contributed by atoms with van der Waals surface area (Å²) in [4.78, 5) is 2.13. The molecule has 2 heteroatoms. The maximum absolute atomic E-state index is 9.06. The third-order valence-electron chi connectivity index (χ3n) is 2.30. The maximum Gasteiger partial charge on any atom is 0.0956 e. The number of hydrogen-bond donors (Lipinski definition) is 1. The highest BCUT2D eigenvalue weighted by atomic mass is 16.3. The molecule has 0 atom stereocenters. The van der Waals surface area contributed by atoms with Gasteiger partial charge < -0.3 is 5.11 Å². The highest BCUT2D eigenvalue weighted by Gasteiger charge is 2.03. The van der Waals surface area contributed by atoms with E-state index >= 15 is 0 Å². The van der Waals surface area contributed by atoms with Gasteiger partial charge in [-0.1, -0.05) is 33.6 Å². The SMILES string of the molecule is CCCCCN(CO)CCC(C)C. The van der Waals surface area contributed by atoms with Crippen molar-refractivity contribution in [3.63, 3.8) is 0 Å². The molecule has 0 spiro atoms. The lowest BCUT2D eigenvalue weighted by Gasteiger charge is -2.20. The van der Waals surface area contributed by atoms with Crippen molar-refractivity contribution in [1.29, 1.82) is 0 Å². The van der Waals surface area contributed by atoms with Crippen LogP contribution in [0.2, 0.25) is 0 Å². The van der Waals surface area contributed by atoms with E-state index in [4.69, 9.17) is 5.11 Å². The Morgan fingerprint density at radius 2 is 1.85 bits per heavy atom. The Hall–Kier alpha value is -0.0800. The first-order chi connectivity index (χ1) is 6.20. The lowest BCUT2D eigenvalue weighted by Crippen LogP contribution is -2.27. The standard InChI is InChI=1S/C11H25NO/c1-4-5-6-8-12(10-13)9-7-11(2)3/h11,13H,4-10H2,1-3H3. The first kappa shape index (κ1) is 12.9. The molecule has 0 saturated heterocycles. The van der Waals surface area contributed by atoms with Crippen molar-refractivity contribution in [3.8, 4) is 0 Å². The van der Waals surface area contributed by atoms with Crippen LogP contribution in [0.25, 0.3) is 0 Å². The Morgan fingerprint density at radius 3 is 2.31 bits per heavy atom. The van der Waals surface area contributed by atoms with Crippen molar-refractivity contribution in [1.82, 2.24) is 4.90 Å². The van der Waals surface area contributed by atoms with Gasteiger partial charge in [-0.2, -0.15) is 0 Å². The van der Waals surface area contributed by atoms with Gasteiger partial charge in [-0.15, -0.1) is 0 Å². The van der Waals surface area contributed by atoms with Crippen LogP contribution in [0, 0.1) is 5.92 Å². The Labute approximate surface area is 82.9 Å². The van der Waals surface area contributed by atoms with Gasteiger partial charge in [0.05, 0.1) is 6.73 Å². The molecule has 1 N–H and O–H groups in total. The Morgan fingerprint density at radius 1 is 1.15 bits per heavy atom. The molecule has 0 heterocycles. The largest absolute Gasteiger partial charge is 0.381 e. The second kappa shape index (κ2) is 8.52. The molecule has 0 aromatic rings. The van der Waals surface area contributed by atoms with E-state index in [2.05, 4.69) is 25.7 Å². The summed E-state index contributed by atoms with van der Waals surface area (Å²) < 4.78 is 0. The van der Waals surface area contributed by atoms with Crippen LogP contribution in [-0.4, -0.2) is 29.8 Å².